The van der Waals surface area contributed by atoms with E-state index in [4.69, 9.17) is 0 Å². The van der Waals surface area contributed by atoms with Gasteiger partial charge in [0.1, 0.15) is 11.6 Å². The normalized spacial score (nSPS) is 14.1. The van der Waals surface area contributed by atoms with E-state index in [-0.39, 0.29) is 24.0 Å². The number of benzene rings is 1. The van der Waals surface area contributed by atoms with Crippen molar-refractivity contribution in [2.24, 2.45) is 0 Å². The molecule has 0 atom stereocenters. The smallest absolute Gasteiger partial charge is 0.233 e. The molecule has 128 valence electrons. The molecule has 0 saturated heterocycles. The summed E-state index contributed by atoms with van der Waals surface area (Å²) in [5.41, 5.74) is 0.523. The van der Waals surface area contributed by atoms with Crippen molar-refractivity contribution in [3.63, 3.8) is 0 Å². The Morgan fingerprint density at radius 1 is 1.29 bits per heavy atom. The van der Waals surface area contributed by atoms with Crippen LogP contribution in [0.2, 0.25) is 0 Å². The maximum atomic E-state index is 13.7. The highest BCUT2D eigenvalue weighted by Crippen LogP contribution is 2.22. The van der Waals surface area contributed by atoms with Crippen LogP contribution in [0.5, 0.6) is 0 Å². The predicted molar refractivity (Wildman–Crippen MR) is 91.2 cm³/mol. The number of aryl methyl sites for hydroxylation is 1. The molecule has 1 aromatic carbocycles. The van der Waals surface area contributed by atoms with Crippen LogP contribution in [0, 0.1) is 5.82 Å². The van der Waals surface area contributed by atoms with Gasteiger partial charge in [0.15, 0.2) is 5.16 Å². The minimum Gasteiger partial charge on any atom is -0.341 e. The first-order valence-electron chi connectivity index (χ1n) is 8.17. The average molecular weight is 348 g/mol. The third-order valence-corrected chi connectivity index (χ3v) is 5.14. The topological polar surface area (TPSA) is 51.0 Å². The van der Waals surface area contributed by atoms with Crippen LogP contribution in [0.3, 0.4) is 0 Å². The van der Waals surface area contributed by atoms with Crippen LogP contribution >= 0.6 is 11.8 Å². The van der Waals surface area contributed by atoms with Crippen LogP contribution in [0.4, 0.5) is 4.39 Å². The monoisotopic (exact) mass is 348 g/mol. The third kappa shape index (κ3) is 3.95. The summed E-state index contributed by atoms with van der Waals surface area (Å²) >= 11 is 1.41. The van der Waals surface area contributed by atoms with Crippen molar-refractivity contribution in [3.05, 3.63) is 41.5 Å². The quantitative estimate of drug-likeness (QED) is 0.780. The molecule has 24 heavy (non-hydrogen) atoms. The minimum atomic E-state index is -0.285. The van der Waals surface area contributed by atoms with Gasteiger partial charge in [0.05, 0.1) is 5.75 Å². The third-order valence-electron chi connectivity index (χ3n) is 4.19. The lowest BCUT2D eigenvalue weighted by molar-refractivity contribution is -0.127. The van der Waals surface area contributed by atoms with Gasteiger partial charge in [-0.2, -0.15) is 0 Å². The molecular weight excluding hydrogens is 327 g/mol. The second-order valence-electron chi connectivity index (χ2n) is 5.99. The number of hydrogen-bond donors (Lipinski definition) is 0. The van der Waals surface area contributed by atoms with E-state index < -0.39 is 0 Å². The Balaban J connectivity index is 1.57. The summed E-state index contributed by atoms with van der Waals surface area (Å²) in [4.78, 5) is 13.9. The molecule has 0 unspecified atom stereocenters. The van der Waals surface area contributed by atoms with Crippen LogP contribution in [0.1, 0.15) is 30.7 Å². The van der Waals surface area contributed by atoms with Gasteiger partial charge in [0.2, 0.25) is 5.91 Å². The second kappa shape index (κ2) is 7.79. The minimum absolute atomic E-state index is 0.0470. The zero-order chi connectivity index (χ0) is 16.9. The molecule has 1 amide bonds. The van der Waals surface area contributed by atoms with E-state index in [2.05, 4.69) is 14.8 Å². The van der Waals surface area contributed by atoms with E-state index in [0.717, 1.165) is 36.8 Å². The number of amides is 1. The van der Waals surface area contributed by atoms with Crippen molar-refractivity contribution in [2.75, 3.05) is 12.8 Å². The number of aromatic nitrogens is 3. The number of fused-ring (bicyclic) bond motifs is 1. The SMILES string of the molecule is CN(Cc1ccccc1F)C(=O)CSc1nnc2n1CCCCC2. The molecular formula is C17H21FN4OS. The van der Waals surface area contributed by atoms with Crippen LogP contribution in [0.25, 0.3) is 0 Å². The molecule has 7 heteroatoms. The van der Waals surface area contributed by atoms with Crippen LogP contribution in [0.15, 0.2) is 29.4 Å². The van der Waals surface area contributed by atoms with E-state index in [1.54, 1.807) is 30.1 Å². The van der Waals surface area contributed by atoms with Crippen LogP contribution < -0.4 is 0 Å². The number of thioether (sulfide) groups is 1. The Labute approximate surface area is 145 Å². The first-order valence-corrected chi connectivity index (χ1v) is 9.16. The summed E-state index contributed by atoms with van der Waals surface area (Å²) in [6, 6.07) is 6.53. The molecule has 1 aliphatic rings. The van der Waals surface area contributed by atoms with Gasteiger partial charge in [-0.25, -0.2) is 4.39 Å². The van der Waals surface area contributed by atoms with Crippen molar-refractivity contribution < 1.29 is 9.18 Å². The van der Waals surface area contributed by atoms with Gasteiger partial charge >= 0.3 is 0 Å². The van der Waals surface area contributed by atoms with E-state index in [1.165, 1.54) is 24.2 Å². The molecule has 1 aliphatic heterocycles. The van der Waals surface area contributed by atoms with Crippen LogP contribution in [-0.2, 0) is 24.3 Å². The maximum Gasteiger partial charge on any atom is 0.233 e. The summed E-state index contributed by atoms with van der Waals surface area (Å²) in [5.74, 6) is 0.965. The fourth-order valence-electron chi connectivity index (χ4n) is 2.77. The van der Waals surface area contributed by atoms with Gasteiger partial charge in [0, 0.05) is 32.1 Å². The van der Waals surface area contributed by atoms with Crippen molar-refractivity contribution in [2.45, 2.75) is 43.9 Å². The highest BCUT2D eigenvalue weighted by molar-refractivity contribution is 7.99. The molecule has 0 N–H and O–H groups in total. The number of rotatable bonds is 5. The molecule has 0 spiro atoms. The highest BCUT2D eigenvalue weighted by Gasteiger charge is 2.17. The van der Waals surface area contributed by atoms with Gasteiger partial charge in [-0.15, -0.1) is 10.2 Å². The fourth-order valence-corrected chi connectivity index (χ4v) is 3.70. The van der Waals surface area contributed by atoms with E-state index in [9.17, 15) is 9.18 Å². The number of halogens is 1. The Hall–Kier alpha value is -1.89. The molecule has 5 nitrogen and oxygen atoms in total. The lowest BCUT2D eigenvalue weighted by Crippen LogP contribution is -2.28. The van der Waals surface area contributed by atoms with Crippen molar-refractivity contribution in [1.29, 1.82) is 0 Å². The standard InChI is InChI=1S/C17H21FN4OS/c1-21(11-13-7-4-5-8-14(13)18)16(23)12-24-17-20-19-15-9-3-2-6-10-22(15)17/h4-5,7-8H,2-3,6,9-12H2,1H3. The predicted octanol–water partition coefficient (Wildman–Crippen LogP) is 2.89. The van der Waals surface area contributed by atoms with Gasteiger partial charge in [-0.1, -0.05) is 36.4 Å². The zero-order valence-corrected chi connectivity index (χ0v) is 14.6. The Morgan fingerprint density at radius 3 is 2.96 bits per heavy atom. The molecule has 1 aromatic heterocycles. The second-order valence-corrected chi connectivity index (χ2v) is 6.93. The molecule has 0 aliphatic carbocycles. The Bertz CT molecular complexity index is 718. The summed E-state index contributed by atoms with van der Waals surface area (Å²) in [7, 11) is 1.69. The first kappa shape index (κ1) is 17.0. The van der Waals surface area contributed by atoms with Gasteiger partial charge < -0.3 is 9.47 Å². The van der Waals surface area contributed by atoms with Crippen molar-refractivity contribution in [1.82, 2.24) is 19.7 Å². The summed E-state index contributed by atoms with van der Waals surface area (Å²) in [6.07, 6.45) is 4.43. The van der Waals surface area contributed by atoms with E-state index in [1.807, 2.05) is 0 Å². The van der Waals surface area contributed by atoms with E-state index >= 15 is 0 Å². The van der Waals surface area contributed by atoms with E-state index in [0.29, 0.717) is 5.56 Å². The van der Waals surface area contributed by atoms with Gasteiger partial charge in [-0.3, -0.25) is 4.79 Å². The average Bonchev–Trinajstić information content (AvgIpc) is 2.81. The highest BCUT2D eigenvalue weighted by atomic mass is 32.2. The molecule has 0 saturated carbocycles. The zero-order valence-electron chi connectivity index (χ0n) is 13.7. The van der Waals surface area contributed by atoms with Crippen molar-refractivity contribution in [3.8, 4) is 0 Å². The molecule has 2 aromatic rings. The summed E-state index contributed by atoms with van der Waals surface area (Å²) in [5, 5.41) is 9.26. The largest absolute Gasteiger partial charge is 0.341 e. The van der Waals surface area contributed by atoms with Crippen molar-refractivity contribution >= 4 is 17.7 Å². The number of hydrogen-bond acceptors (Lipinski definition) is 4. The molecule has 0 fully saturated rings. The molecule has 2 heterocycles. The van der Waals surface area contributed by atoms with Crippen LogP contribution in [-0.4, -0.2) is 38.4 Å². The number of carbonyl (C=O) groups is 1. The lowest BCUT2D eigenvalue weighted by atomic mass is 10.2. The molecule has 3 rings (SSSR count). The fraction of sp³-hybridized carbons (Fsp3) is 0.471. The lowest BCUT2D eigenvalue weighted by Gasteiger charge is -2.17. The first-order chi connectivity index (χ1) is 11.6. The summed E-state index contributed by atoms with van der Waals surface area (Å²) in [6.45, 7) is 1.19. The summed E-state index contributed by atoms with van der Waals surface area (Å²) < 4.78 is 15.8. The molecule has 0 bridgehead atoms. The van der Waals surface area contributed by atoms with Gasteiger partial charge in [0.25, 0.3) is 0 Å². The maximum absolute atomic E-state index is 13.7. The number of carbonyl (C=O) groups excluding carboxylic acids is 1. The Kier molecular flexibility index (Phi) is 5.50. The van der Waals surface area contributed by atoms with Gasteiger partial charge in [-0.05, 0) is 18.9 Å². The number of nitrogens with zero attached hydrogens (tertiary/aromatic N) is 4. The Morgan fingerprint density at radius 2 is 2.12 bits per heavy atom. The molecule has 0 radical (unpaired) electrons.